The molecule has 5 rings (SSSR count). The molecule has 1 fully saturated rings. The van der Waals surface area contributed by atoms with Crippen LogP contribution in [0.5, 0.6) is 0 Å². The predicted octanol–water partition coefficient (Wildman–Crippen LogP) is 2.83. The lowest BCUT2D eigenvalue weighted by molar-refractivity contribution is 0.0787. The molecule has 1 atom stereocenters. The van der Waals surface area contributed by atoms with Gasteiger partial charge in [0.15, 0.2) is 0 Å². The molecule has 1 saturated heterocycles. The second-order valence-corrected chi connectivity index (χ2v) is 7.96. The first kappa shape index (κ1) is 21.3. The maximum Gasteiger partial charge on any atom is 0.272 e. The number of nitrogens with zero attached hydrogens (tertiary/aromatic N) is 4. The molecule has 9 heteroatoms. The number of hydrogen-bond acceptors (Lipinski definition) is 6. The normalized spacial score (nSPS) is 15.3. The van der Waals surface area contributed by atoms with E-state index in [1.54, 1.807) is 47.6 Å². The maximum absolute atomic E-state index is 14.7. The Hall–Kier alpha value is -4.58. The number of carbonyl (C=O) groups excluding carboxylic acids is 1. The van der Waals surface area contributed by atoms with Crippen molar-refractivity contribution >= 4 is 22.6 Å². The first-order valence-electron chi connectivity index (χ1n) is 10.7. The molecule has 3 heterocycles. The number of anilines is 1. The van der Waals surface area contributed by atoms with Gasteiger partial charge in [0, 0.05) is 42.5 Å². The number of likely N-dealkylation sites (tertiary alicyclic amines) is 1. The number of nitrogens with one attached hydrogen (secondary N) is 2. The molecule has 34 heavy (non-hydrogen) atoms. The third-order valence-corrected chi connectivity index (χ3v) is 5.79. The number of amides is 1. The van der Waals surface area contributed by atoms with Crippen LogP contribution in [0.3, 0.4) is 0 Å². The van der Waals surface area contributed by atoms with Crippen molar-refractivity contribution in [3.05, 3.63) is 82.2 Å². The van der Waals surface area contributed by atoms with E-state index in [1.165, 1.54) is 12.1 Å². The average Bonchev–Trinajstić information content (AvgIpc) is 3.33. The molecule has 0 unspecified atom stereocenters. The highest BCUT2D eigenvalue weighted by Crippen LogP contribution is 2.27. The lowest BCUT2D eigenvalue weighted by Crippen LogP contribution is -2.32. The van der Waals surface area contributed by atoms with Crippen molar-refractivity contribution in [3.8, 4) is 23.6 Å². The van der Waals surface area contributed by atoms with Gasteiger partial charge in [-0.25, -0.2) is 19.5 Å². The second-order valence-electron chi connectivity index (χ2n) is 7.96. The number of rotatable bonds is 4. The molecule has 0 bridgehead atoms. The number of halogens is 1. The minimum Gasteiger partial charge on any atom is -0.350 e. The van der Waals surface area contributed by atoms with E-state index in [9.17, 15) is 14.0 Å². The number of aromatic nitrogens is 4. The van der Waals surface area contributed by atoms with Gasteiger partial charge in [-0.15, -0.1) is 6.42 Å². The van der Waals surface area contributed by atoms with Gasteiger partial charge in [-0.05, 0) is 30.7 Å². The molecule has 2 N–H and O–H groups in total. The molecule has 0 saturated carbocycles. The summed E-state index contributed by atoms with van der Waals surface area (Å²) in [6.45, 7) is 0.838. The summed E-state index contributed by atoms with van der Waals surface area (Å²) in [5.41, 5.74) is 1.22. The fourth-order valence-electron chi connectivity index (χ4n) is 4.06. The second kappa shape index (κ2) is 8.75. The van der Waals surface area contributed by atoms with E-state index in [2.05, 4.69) is 31.4 Å². The summed E-state index contributed by atoms with van der Waals surface area (Å²) in [6.07, 6.45) is 9.07. The van der Waals surface area contributed by atoms with E-state index in [4.69, 9.17) is 6.42 Å². The van der Waals surface area contributed by atoms with Crippen LogP contribution in [0.1, 0.15) is 22.3 Å². The van der Waals surface area contributed by atoms with Crippen molar-refractivity contribution in [1.29, 1.82) is 0 Å². The number of terminal acetylenes is 1. The van der Waals surface area contributed by atoms with Gasteiger partial charge >= 0.3 is 0 Å². The Bertz CT molecular complexity index is 1490. The first-order chi connectivity index (χ1) is 16.5. The van der Waals surface area contributed by atoms with Crippen molar-refractivity contribution < 1.29 is 9.18 Å². The zero-order chi connectivity index (χ0) is 23.7. The Kier molecular flexibility index (Phi) is 5.47. The number of carbonyl (C=O) groups is 1. The SMILES string of the molecule is C#Cc1cnc(N[C@@H]2CCN(C(=O)c3cc(-c4n[nH]c(=O)c5ccccc45)ccc3F)C2)nc1. The molecule has 0 radical (unpaired) electrons. The van der Waals surface area contributed by atoms with Crippen LogP contribution < -0.4 is 10.9 Å². The lowest BCUT2D eigenvalue weighted by Gasteiger charge is -2.18. The Morgan fingerprint density at radius 1 is 1.18 bits per heavy atom. The van der Waals surface area contributed by atoms with Crippen molar-refractivity contribution in [1.82, 2.24) is 25.1 Å². The van der Waals surface area contributed by atoms with Crippen LogP contribution in [-0.4, -0.2) is 50.1 Å². The summed E-state index contributed by atoms with van der Waals surface area (Å²) in [4.78, 5) is 35.2. The van der Waals surface area contributed by atoms with Crippen molar-refractivity contribution in [2.24, 2.45) is 0 Å². The van der Waals surface area contributed by atoms with E-state index in [-0.39, 0.29) is 17.2 Å². The van der Waals surface area contributed by atoms with Crippen molar-refractivity contribution in [2.45, 2.75) is 12.5 Å². The number of fused-ring (bicyclic) bond motifs is 1. The van der Waals surface area contributed by atoms with Gasteiger partial charge in [0.1, 0.15) is 5.82 Å². The molecule has 4 aromatic rings. The lowest BCUT2D eigenvalue weighted by atomic mass is 10.0. The highest BCUT2D eigenvalue weighted by molar-refractivity contribution is 5.98. The van der Waals surface area contributed by atoms with Gasteiger partial charge in [0.2, 0.25) is 5.95 Å². The quantitative estimate of drug-likeness (QED) is 0.460. The molecular weight excluding hydrogens is 435 g/mol. The zero-order valence-corrected chi connectivity index (χ0v) is 18.0. The molecule has 0 aliphatic carbocycles. The highest BCUT2D eigenvalue weighted by atomic mass is 19.1. The Balaban J connectivity index is 1.38. The third-order valence-electron chi connectivity index (χ3n) is 5.79. The summed E-state index contributed by atoms with van der Waals surface area (Å²) in [7, 11) is 0. The van der Waals surface area contributed by atoms with E-state index in [1.807, 2.05) is 0 Å². The summed E-state index contributed by atoms with van der Waals surface area (Å²) in [5.74, 6) is 1.84. The molecule has 168 valence electrons. The number of H-pyrrole nitrogens is 1. The van der Waals surface area contributed by atoms with Crippen LogP contribution >= 0.6 is 0 Å². The minimum atomic E-state index is -0.618. The van der Waals surface area contributed by atoms with Crippen molar-refractivity contribution in [3.63, 3.8) is 0 Å². The molecule has 2 aromatic heterocycles. The Labute approximate surface area is 193 Å². The number of aromatic amines is 1. The Morgan fingerprint density at radius 2 is 1.94 bits per heavy atom. The van der Waals surface area contributed by atoms with E-state index in [0.717, 1.165) is 0 Å². The molecule has 1 amide bonds. The van der Waals surface area contributed by atoms with Gasteiger partial charge in [0.05, 0.1) is 22.2 Å². The number of hydrogen-bond donors (Lipinski definition) is 2. The van der Waals surface area contributed by atoms with Crippen LogP contribution in [0.2, 0.25) is 0 Å². The summed E-state index contributed by atoms with van der Waals surface area (Å²) < 4.78 is 14.7. The Morgan fingerprint density at radius 3 is 2.71 bits per heavy atom. The van der Waals surface area contributed by atoms with Crippen LogP contribution in [0.25, 0.3) is 22.0 Å². The molecule has 2 aromatic carbocycles. The average molecular weight is 454 g/mol. The molecule has 1 aliphatic rings. The standard InChI is InChI=1S/C25H19FN6O2/c1-2-15-12-27-25(28-13-15)29-17-9-10-32(14-17)24(34)20-11-16(7-8-21(20)26)22-18-5-3-4-6-19(18)23(33)31-30-22/h1,3-8,11-13,17H,9-10,14H2,(H,31,33)(H,27,28,29)/t17-/m1/s1. The highest BCUT2D eigenvalue weighted by Gasteiger charge is 2.29. The van der Waals surface area contributed by atoms with Gasteiger partial charge in [-0.3, -0.25) is 9.59 Å². The van der Waals surface area contributed by atoms with Gasteiger partial charge < -0.3 is 10.2 Å². The molecule has 8 nitrogen and oxygen atoms in total. The van der Waals surface area contributed by atoms with Crippen LogP contribution in [0.15, 0.2) is 59.7 Å². The topological polar surface area (TPSA) is 104 Å². The van der Waals surface area contributed by atoms with E-state index >= 15 is 0 Å². The monoisotopic (exact) mass is 454 g/mol. The summed E-state index contributed by atoms with van der Waals surface area (Å²) >= 11 is 0. The van der Waals surface area contributed by atoms with Crippen LogP contribution in [-0.2, 0) is 0 Å². The fraction of sp³-hybridized carbons (Fsp3) is 0.160. The fourth-order valence-corrected chi connectivity index (χ4v) is 4.06. The van der Waals surface area contributed by atoms with Crippen molar-refractivity contribution in [2.75, 3.05) is 18.4 Å². The summed E-state index contributed by atoms with van der Waals surface area (Å²) in [5, 5.41) is 10.9. The minimum absolute atomic E-state index is 0.0511. The van der Waals surface area contributed by atoms with Gasteiger partial charge in [0.25, 0.3) is 11.5 Å². The van der Waals surface area contributed by atoms with E-state index in [0.29, 0.717) is 53.1 Å². The van der Waals surface area contributed by atoms with Gasteiger partial charge in [-0.2, -0.15) is 5.10 Å². The predicted molar refractivity (Wildman–Crippen MR) is 126 cm³/mol. The smallest absolute Gasteiger partial charge is 0.272 e. The van der Waals surface area contributed by atoms with Crippen LogP contribution in [0, 0.1) is 18.2 Å². The maximum atomic E-state index is 14.7. The molecule has 1 aliphatic heterocycles. The first-order valence-corrected chi connectivity index (χ1v) is 10.7. The molecule has 0 spiro atoms. The third kappa shape index (κ3) is 3.97. The number of benzene rings is 2. The molecular formula is C25H19FN6O2. The summed E-state index contributed by atoms with van der Waals surface area (Å²) in [6, 6.07) is 11.2. The largest absolute Gasteiger partial charge is 0.350 e. The zero-order valence-electron chi connectivity index (χ0n) is 18.0. The van der Waals surface area contributed by atoms with Crippen LogP contribution in [0.4, 0.5) is 10.3 Å². The van der Waals surface area contributed by atoms with E-state index < -0.39 is 11.7 Å². The van der Waals surface area contributed by atoms with Gasteiger partial charge in [-0.1, -0.05) is 24.1 Å².